The van der Waals surface area contributed by atoms with E-state index in [0.717, 1.165) is 22.1 Å². The second-order valence-electron chi connectivity index (χ2n) is 7.91. The van der Waals surface area contributed by atoms with Crippen LogP contribution < -0.4 is 15.1 Å². The monoisotopic (exact) mass is 410 g/mol. The number of fused-ring (bicyclic) bond motifs is 3. The first-order chi connectivity index (χ1) is 15.1. The van der Waals surface area contributed by atoms with E-state index in [1.165, 1.54) is 11.6 Å². The fraction of sp³-hybridized carbons (Fsp3) is 0.148. The molecule has 154 valence electrons. The number of hydrogen-bond donors (Lipinski definition) is 0. The van der Waals surface area contributed by atoms with Crippen LogP contribution in [0.25, 0.3) is 11.0 Å². The van der Waals surface area contributed by atoms with Crippen molar-refractivity contribution in [3.63, 3.8) is 0 Å². The highest BCUT2D eigenvalue weighted by atomic mass is 16.7. The van der Waals surface area contributed by atoms with E-state index in [2.05, 4.69) is 19.9 Å². The molecule has 1 aromatic heterocycles. The van der Waals surface area contributed by atoms with E-state index in [1.54, 1.807) is 6.07 Å². The normalized spacial score (nSPS) is 13.9. The fourth-order valence-corrected chi connectivity index (χ4v) is 3.92. The van der Waals surface area contributed by atoms with Crippen molar-refractivity contribution in [2.75, 3.05) is 0 Å². The molecular formula is C27H22O4. The summed E-state index contributed by atoms with van der Waals surface area (Å²) >= 11 is 0. The number of allylic oxidation sites excluding steroid dienone is 2. The third kappa shape index (κ3) is 3.30. The van der Waals surface area contributed by atoms with Crippen LogP contribution in [0, 0.1) is 0 Å². The van der Waals surface area contributed by atoms with Crippen molar-refractivity contribution in [1.29, 1.82) is 0 Å². The summed E-state index contributed by atoms with van der Waals surface area (Å²) in [7, 11) is 0. The van der Waals surface area contributed by atoms with Crippen LogP contribution in [0.4, 0.5) is 0 Å². The maximum Gasteiger partial charge on any atom is 0.336 e. The molecule has 1 aliphatic heterocycles. The Labute approximate surface area is 180 Å². The van der Waals surface area contributed by atoms with E-state index in [-0.39, 0.29) is 0 Å². The summed E-state index contributed by atoms with van der Waals surface area (Å²) in [5.74, 6) is -0.111. The van der Waals surface area contributed by atoms with Gasteiger partial charge in [0.25, 0.3) is 0 Å². The molecule has 4 aromatic rings. The molecule has 31 heavy (non-hydrogen) atoms. The summed E-state index contributed by atoms with van der Waals surface area (Å²) in [5.41, 5.74) is 3.88. The summed E-state index contributed by atoms with van der Waals surface area (Å²) in [6.07, 6.45) is 2.83. The molecule has 0 fully saturated rings. The van der Waals surface area contributed by atoms with Crippen molar-refractivity contribution >= 4 is 11.0 Å². The van der Waals surface area contributed by atoms with Gasteiger partial charge in [-0.2, -0.15) is 0 Å². The number of hydrogen-bond acceptors (Lipinski definition) is 4. The number of benzene rings is 3. The molecule has 3 aromatic carbocycles. The van der Waals surface area contributed by atoms with Crippen LogP contribution in [-0.4, -0.2) is 0 Å². The molecular weight excluding hydrogens is 388 g/mol. The lowest BCUT2D eigenvalue weighted by molar-refractivity contribution is -0.0460. The van der Waals surface area contributed by atoms with Crippen molar-refractivity contribution < 1.29 is 13.9 Å². The average molecular weight is 410 g/mol. The molecule has 0 amide bonds. The molecule has 4 heteroatoms. The minimum absolute atomic E-state index is 0.400. The summed E-state index contributed by atoms with van der Waals surface area (Å²) in [6.45, 7) is 4.13. The van der Waals surface area contributed by atoms with Gasteiger partial charge in [-0.1, -0.05) is 72.3 Å². The lowest BCUT2D eigenvalue weighted by Crippen LogP contribution is -2.36. The summed E-state index contributed by atoms with van der Waals surface area (Å²) < 4.78 is 18.8. The van der Waals surface area contributed by atoms with Gasteiger partial charge in [-0.3, -0.25) is 0 Å². The van der Waals surface area contributed by atoms with Crippen molar-refractivity contribution in [3.8, 4) is 11.5 Å². The Kier molecular flexibility index (Phi) is 4.63. The second kappa shape index (κ2) is 7.47. The third-order valence-electron chi connectivity index (χ3n) is 5.43. The Balaban J connectivity index is 1.78. The predicted octanol–water partition coefficient (Wildman–Crippen LogP) is 5.97. The molecule has 0 bridgehead atoms. The molecule has 4 nitrogen and oxygen atoms in total. The molecule has 2 heterocycles. The minimum Gasteiger partial charge on any atom is -0.440 e. The Bertz CT molecular complexity index is 1290. The predicted molar refractivity (Wildman–Crippen MR) is 121 cm³/mol. The van der Waals surface area contributed by atoms with Gasteiger partial charge in [0.05, 0.1) is 0 Å². The number of rotatable bonds is 4. The van der Waals surface area contributed by atoms with Gasteiger partial charge in [0.15, 0.2) is 11.3 Å². The van der Waals surface area contributed by atoms with Gasteiger partial charge in [0, 0.05) is 28.1 Å². The van der Waals surface area contributed by atoms with Gasteiger partial charge in [-0.15, -0.1) is 0 Å². The van der Waals surface area contributed by atoms with E-state index in [4.69, 9.17) is 13.9 Å². The summed E-state index contributed by atoms with van der Waals surface area (Å²) in [4.78, 5) is 12.0. The van der Waals surface area contributed by atoms with Crippen molar-refractivity contribution in [2.45, 2.75) is 26.1 Å². The number of ether oxygens (including phenoxy) is 2. The van der Waals surface area contributed by atoms with Gasteiger partial charge >= 0.3 is 11.4 Å². The summed E-state index contributed by atoms with van der Waals surface area (Å²) in [5, 5.41) is 0.802. The van der Waals surface area contributed by atoms with Crippen molar-refractivity contribution in [2.24, 2.45) is 0 Å². The summed E-state index contributed by atoms with van der Waals surface area (Å²) in [6, 6.07) is 24.9. The zero-order valence-corrected chi connectivity index (χ0v) is 17.4. The molecule has 0 atom stereocenters. The topological polar surface area (TPSA) is 48.7 Å². The molecule has 5 rings (SSSR count). The Morgan fingerprint density at radius 2 is 1.45 bits per heavy atom. The van der Waals surface area contributed by atoms with Crippen LogP contribution >= 0.6 is 0 Å². The molecule has 0 aliphatic carbocycles. The molecule has 0 N–H and O–H groups in total. The molecule has 0 radical (unpaired) electrons. The van der Waals surface area contributed by atoms with Gasteiger partial charge in [-0.25, -0.2) is 4.79 Å². The van der Waals surface area contributed by atoms with Crippen LogP contribution in [0.2, 0.25) is 0 Å². The molecule has 0 saturated heterocycles. The fourth-order valence-electron chi connectivity index (χ4n) is 3.92. The average Bonchev–Trinajstić information content (AvgIpc) is 3.21. The van der Waals surface area contributed by atoms with E-state index in [1.807, 2.05) is 66.7 Å². The van der Waals surface area contributed by atoms with E-state index in [9.17, 15) is 4.79 Å². The van der Waals surface area contributed by atoms with Gasteiger partial charge in [-0.05, 0) is 32.4 Å². The molecule has 1 aliphatic rings. The largest absolute Gasteiger partial charge is 0.440 e. The lowest BCUT2D eigenvalue weighted by atomic mass is 9.97. The highest BCUT2D eigenvalue weighted by Gasteiger charge is 2.47. The van der Waals surface area contributed by atoms with E-state index < -0.39 is 11.4 Å². The molecule has 0 saturated carbocycles. The van der Waals surface area contributed by atoms with Crippen LogP contribution in [-0.2, 0) is 12.2 Å². The van der Waals surface area contributed by atoms with Crippen LogP contribution in [0.15, 0.2) is 99.7 Å². The van der Waals surface area contributed by atoms with Crippen LogP contribution in [0.1, 0.15) is 30.5 Å². The maximum absolute atomic E-state index is 12.0. The quantitative estimate of drug-likeness (QED) is 0.307. The highest BCUT2D eigenvalue weighted by Crippen LogP contribution is 2.52. The van der Waals surface area contributed by atoms with Crippen molar-refractivity contribution in [3.05, 3.63) is 118 Å². The smallest absolute Gasteiger partial charge is 0.336 e. The standard InChI is InChI=1S/C27H22O4/c1-18(2)13-14-20-17-19-15-16-23(28)29-24(19)26-25(20)30-27(31-26,21-9-5-3-6-10-21)22-11-7-4-8-12-22/h3-13,15-17H,14H2,1-2H3. The minimum atomic E-state index is -1.17. The second-order valence-corrected chi connectivity index (χ2v) is 7.91. The molecule has 0 spiro atoms. The Morgan fingerprint density at radius 1 is 0.839 bits per heavy atom. The van der Waals surface area contributed by atoms with Crippen LogP contribution in [0.5, 0.6) is 11.5 Å². The van der Waals surface area contributed by atoms with Gasteiger partial charge in [0.2, 0.25) is 5.75 Å². The lowest BCUT2D eigenvalue weighted by Gasteiger charge is -2.28. The van der Waals surface area contributed by atoms with Crippen LogP contribution in [0.3, 0.4) is 0 Å². The van der Waals surface area contributed by atoms with E-state index >= 15 is 0 Å². The Morgan fingerprint density at radius 3 is 2.06 bits per heavy atom. The van der Waals surface area contributed by atoms with Crippen molar-refractivity contribution in [1.82, 2.24) is 0 Å². The maximum atomic E-state index is 12.0. The highest BCUT2D eigenvalue weighted by molar-refractivity contribution is 5.87. The van der Waals surface area contributed by atoms with Gasteiger partial charge < -0.3 is 13.9 Å². The molecule has 0 unspecified atom stereocenters. The SMILES string of the molecule is CC(C)=CCc1cc2ccc(=O)oc2c2c1OC(c1ccccc1)(c1ccccc1)O2. The van der Waals surface area contributed by atoms with Gasteiger partial charge in [0.1, 0.15) is 0 Å². The third-order valence-corrected chi connectivity index (χ3v) is 5.43. The first kappa shape index (κ1) is 19.2. The zero-order valence-electron chi connectivity index (χ0n) is 17.4. The zero-order chi connectivity index (χ0) is 21.4. The van der Waals surface area contributed by atoms with E-state index in [0.29, 0.717) is 23.5 Å². The first-order valence-corrected chi connectivity index (χ1v) is 10.3. The first-order valence-electron chi connectivity index (χ1n) is 10.3. The Hall–Kier alpha value is -3.79.